The highest BCUT2D eigenvalue weighted by Gasteiger charge is 2.26. The molecule has 0 unspecified atom stereocenters. The topological polar surface area (TPSA) is 63.4 Å². The van der Waals surface area contributed by atoms with Crippen LogP contribution in [-0.2, 0) is 10.0 Å². The number of sulfonamides is 1. The lowest BCUT2D eigenvalue weighted by Crippen LogP contribution is -2.33. The van der Waals surface area contributed by atoms with E-state index in [0.29, 0.717) is 0 Å². The summed E-state index contributed by atoms with van der Waals surface area (Å²) in [5, 5.41) is 0. The molecule has 0 aliphatic rings. The smallest absolute Gasteiger partial charge is 0.246 e. The Balaban J connectivity index is 3.32. The lowest BCUT2D eigenvalue weighted by atomic mass is 10.3. The van der Waals surface area contributed by atoms with Crippen molar-refractivity contribution < 1.29 is 12.8 Å². The van der Waals surface area contributed by atoms with Crippen LogP contribution in [0.2, 0.25) is 0 Å². The maximum absolute atomic E-state index is 13.4. The molecular weight excluding hydrogens is 231 g/mol. The molecule has 1 rings (SSSR count). The first-order chi connectivity index (χ1) is 7.26. The second-order valence-corrected chi connectivity index (χ2v) is 5.77. The number of benzene rings is 1. The molecule has 1 aromatic carbocycles. The molecule has 0 heterocycles. The summed E-state index contributed by atoms with van der Waals surface area (Å²) < 4.78 is 38.5. The van der Waals surface area contributed by atoms with Crippen molar-refractivity contribution in [2.24, 2.45) is 0 Å². The molecule has 0 radical (unpaired) electrons. The van der Waals surface area contributed by atoms with Crippen molar-refractivity contribution in [3.63, 3.8) is 0 Å². The Labute approximate surface area is 94.9 Å². The number of nitrogens with two attached hydrogens (primary N) is 1. The number of anilines is 1. The first kappa shape index (κ1) is 12.9. The van der Waals surface area contributed by atoms with Crippen LogP contribution >= 0.6 is 0 Å². The van der Waals surface area contributed by atoms with E-state index < -0.39 is 15.8 Å². The molecule has 0 amide bonds. The van der Waals surface area contributed by atoms with E-state index in [0.717, 1.165) is 16.4 Å². The summed E-state index contributed by atoms with van der Waals surface area (Å²) in [5.74, 6) is -0.790. The van der Waals surface area contributed by atoms with Crippen LogP contribution in [0, 0.1) is 5.82 Å². The zero-order valence-corrected chi connectivity index (χ0v) is 10.3. The molecule has 0 saturated carbocycles. The Kier molecular flexibility index (Phi) is 3.54. The molecule has 0 aliphatic heterocycles. The van der Waals surface area contributed by atoms with Crippen molar-refractivity contribution in [3.05, 3.63) is 24.0 Å². The van der Waals surface area contributed by atoms with Gasteiger partial charge in [0.05, 0.1) is 0 Å². The van der Waals surface area contributed by atoms with Crippen LogP contribution in [0.4, 0.5) is 10.1 Å². The van der Waals surface area contributed by atoms with Gasteiger partial charge in [0.15, 0.2) is 0 Å². The van der Waals surface area contributed by atoms with Gasteiger partial charge in [-0.1, -0.05) is 0 Å². The van der Waals surface area contributed by atoms with E-state index in [1.165, 1.54) is 13.1 Å². The van der Waals surface area contributed by atoms with Crippen LogP contribution in [0.3, 0.4) is 0 Å². The summed E-state index contributed by atoms with van der Waals surface area (Å²) in [6.45, 7) is 3.42. The van der Waals surface area contributed by atoms with E-state index in [4.69, 9.17) is 5.73 Å². The maximum Gasteiger partial charge on any atom is 0.246 e. The highest BCUT2D eigenvalue weighted by atomic mass is 32.2. The Hall–Kier alpha value is -1.14. The lowest BCUT2D eigenvalue weighted by Gasteiger charge is -2.21. The number of halogens is 1. The molecule has 0 bridgehead atoms. The van der Waals surface area contributed by atoms with Gasteiger partial charge in [-0.15, -0.1) is 0 Å². The number of nitrogen functional groups attached to an aromatic ring is 1. The molecule has 0 aliphatic carbocycles. The molecule has 0 saturated heterocycles. The highest BCUT2D eigenvalue weighted by Crippen LogP contribution is 2.21. The van der Waals surface area contributed by atoms with Gasteiger partial charge < -0.3 is 5.73 Å². The van der Waals surface area contributed by atoms with Crippen LogP contribution in [0.15, 0.2) is 23.1 Å². The quantitative estimate of drug-likeness (QED) is 0.821. The summed E-state index contributed by atoms with van der Waals surface area (Å²) >= 11 is 0. The number of nitrogens with zero attached hydrogens (tertiary/aromatic N) is 1. The van der Waals surface area contributed by atoms with E-state index in [1.54, 1.807) is 13.8 Å². The van der Waals surface area contributed by atoms with Crippen molar-refractivity contribution in [2.75, 3.05) is 12.8 Å². The normalized spacial score (nSPS) is 12.4. The second kappa shape index (κ2) is 4.39. The molecular formula is C10H15FN2O2S. The summed E-state index contributed by atoms with van der Waals surface area (Å²) in [7, 11) is -2.41. The van der Waals surface area contributed by atoms with Crippen molar-refractivity contribution in [2.45, 2.75) is 24.8 Å². The molecule has 0 fully saturated rings. The van der Waals surface area contributed by atoms with Gasteiger partial charge in [-0.3, -0.25) is 0 Å². The lowest BCUT2D eigenvalue weighted by molar-refractivity contribution is 0.407. The SMILES string of the molecule is CC(C)N(C)S(=O)(=O)c1cc(N)ccc1F. The van der Waals surface area contributed by atoms with E-state index in [9.17, 15) is 12.8 Å². The first-order valence-corrected chi connectivity index (χ1v) is 6.24. The van der Waals surface area contributed by atoms with Gasteiger partial charge >= 0.3 is 0 Å². The van der Waals surface area contributed by atoms with E-state index >= 15 is 0 Å². The molecule has 16 heavy (non-hydrogen) atoms. The monoisotopic (exact) mass is 246 g/mol. The van der Waals surface area contributed by atoms with Crippen molar-refractivity contribution >= 4 is 15.7 Å². The zero-order valence-electron chi connectivity index (χ0n) is 9.44. The van der Waals surface area contributed by atoms with Gasteiger partial charge in [0, 0.05) is 18.8 Å². The van der Waals surface area contributed by atoms with Gasteiger partial charge in [-0.25, -0.2) is 12.8 Å². The number of hydrogen-bond acceptors (Lipinski definition) is 3. The fourth-order valence-electron chi connectivity index (χ4n) is 1.15. The average molecular weight is 246 g/mol. The second-order valence-electron chi connectivity index (χ2n) is 3.80. The third-order valence-electron chi connectivity index (χ3n) is 2.34. The van der Waals surface area contributed by atoms with Gasteiger partial charge in [0.1, 0.15) is 10.7 Å². The van der Waals surface area contributed by atoms with Gasteiger partial charge in [0.25, 0.3) is 0 Å². The van der Waals surface area contributed by atoms with E-state index in [2.05, 4.69) is 0 Å². The fourth-order valence-corrected chi connectivity index (χ4v) is 2.62. The standard InChI is InChI=1S/C10H15FN2O2S/c1-7(2)13(3)16(14,15)10-6-8(12)4-5-9(10)11/h4-7H,12H2,1-3H3. The minimum atomic E-state index is -3.81. The molecule has 1 aromatic rings. The van der Waals surface area contributed by atoms with Crippen LogP contribution in [-0.4, -0.2) is 25.8 Å². The van der Waals surface area contributed by atoms with E-state index in [1.807, 2.05) is 0 Å². The van der Waals surface area contributed by atoms with Gasteiger partial charge in [-0.2, -0.15) is 4.31 Å². The molecule has 6 heteroatoms. The summed E-state index contributed by atoms with van der Waals surface area (Å²) in [6.07, 6.45) is 0. The first-order valence-electron chi connectivity index (χ1n) is 4.80. The highest BCUT2D eigenvalue weighted by molar-refractivity contribution is 7.89. The van der Waals surface area contributed by atoms with Crippen LogP contribution in [0.1, 0.15) is 13.8 Å². The number of hydrogen-bond donors (Lipinski definition) is 1. The van der Waals surface area contributed by atoms with E-state index in [-0.39, 0.29) is 16.6 Å². The van der Waals surface area contributed by atoms with Gasteiger partial charge in [0.2, 0.25) is 10.0 Å². The zero-order chi connectivity index (χ0) is 12.5. The van der Waals surface area contributed by atoms with Crippen molar-refractivity contribution in [1.82, 2.24) is 4.31 Å². The van der Waals surface area contributed by atoms with Crippen LogP contribution in [0.5, 0.6) is 0 Å². The Bertz CT molecular complexity index is 486. The fraction of sp³-hybridized carbons (Fsp3) is 0.400. The minimum absolute atomic E-state index is 0.220. The van der Waals surface area contributed by atoms with Crippen molar-refractivity contribution in [1.29, 1.82) is 0 Å². The van der Waals surface area contributed by atoms with Crippen LogP contribution < -0.4 is 5.73 Å². The Morgan fingerprint density at radius 1 is 1.38 bits per heavy atom. The number of rotatable bonds is 3. The average Bonchev–Trinajstić information content (AvgIpc) is 2.20. The third-order valence-corrected chi connectivity index (χ3v) is 4.39. The molecule has 0 aromatic heterocycles. The molecule has 2 N–H and O–H groups in total. The van der Waals surface area contributed by atoms with Gasteiger partial charge in [-0.05, 0) is 32.0 Å². The summed E-state index contributed by atoms with van der Waals surface area (Å²) in [5.41, 5.74) is 5.67. The summed E-state index contributed by atoms with van der Waals surface area (Å²) in [6, 6.07) is 3.26. The Morgan fingerprint density at radius 2 is 1.94 bits per heavy atom. The predicted octanol–water partition coefficient (Wildman–Crippen LogP) is 1.44. The van der Waals surface area contributed by atoms with Crippen molar-refractivity contribution in [3.8, 4) is 0 Å². The predicted molar refractivity (Wildman–Crippen MR) is 60.9 cm³/mol. The third kappa shape index (κ3) is 2.33. The largest absolute Gasteiger partial charge is 0.399 e. The molecule has 4 nitrogen and oxygen atoms in total. The molecule has 0 atom stereocenters. The molecule has 0 spiro atoms. The summed E-state index contributed by atoms with van der Waals surface area (Å²) in [4.78, 5) is -0.385. The Morgan fingerprint density at radius 3 is 2.44 bits per heavy atom. The minimum Gasteiger partial charge on any atom is -0.399 e. The maximum atomic E-state index is 13.4. The van der Waals surface area contributed by atoms with Crippen LogP contribution in [0.25, 0.3) is 0 Å². The molecule has 90 valence electrons.